The van der Waals surface area contributed by atoms with Crippen LogP contribution >= 0.6 is 0 Å². The van der Waals surface area contributed by atoms with Crippen molar-refractivity contribution in [3.05, 3.63) is 75.8 Å². The van der Waals surface area contributed by atoms with E-state index in [1.807, 2.05) is 48.5 Å². The Bertz CT molecular complexity index is 1450. The smallest absolute Gasteiger partial charge is 0.161 e. The number of methoxy groups -OCH3 is 4. The molecule has 0 unspecified atom stereocenters. The highest BCUT2D eigenvalue weighted by Crippen LogP contribution is 2.49. The molecule has 1 aliphatic heterocycles. The third-order valence-electron chi connectivity index (χ3n) is 7.31. The van der Waals surface area contributed by atoms with Gasteiger partial charge in [-0.25, -0.2) is 0 Å². The maximum atomic E-state index is 14.6. The van der Waals surface area contributed by atoms with Crippen molar-refractivity contribution in [2.24, 2.45) is 0 Å². The van der Waals surface area contributed by atoms with Crippen LogP contribution in [0.4, 0.5) is 0 Å². The van der Waals surface area contributed by atoms with Crippen LogP contribution in [0.25, 0.3) is 11.0 Å². The van der Waals surface area contributed by atoms with Gasteiger partial charge in [0.25, 0.3) is 0 Å². The first-order chi connectivity index (χ1) is 18.7. The van der Waals surface area contributed by atoms with Gasteiger partial charge in [-0.3, -0.25) is 4.21 Å². The standard InChI is InChI=1S/C33H40O6S/c1-32(2,3)23-13-21(14-24(30(23)34)33(4,5)6)31-22-18-28(39-10)27(38-9)16-20(22)17-29(40(31)35)19-11-12-25(36-7)26(15-19)37-8/h11-18,31,34H,1-10H3/t31-,40-/m1/s1. The normalized spacial score (nSPS) is 17.1. The van der Waals surface area contributed by atoms with E-state index < -0.39 is 16.0 Å². The molecule has 214 valence electrons. The minimum Gasteiger partial charge on any atom is -0.507 e. The molecule has 1 heterocycles. The SMILES string of the molecule is COc1ccc(C2=Cc3cc(OC)c(OC)cc3[C@@H](c3cc(C(C)(C)C)c(O)c(C(C)(C)C)c3)[S@@]2=O)cc1OC. The van der Waals surface area contributed by atoms with Crippen LogP contribution in [-0.4, -0.2) is 37.8 Å². The van der Waals surface area contributed by atoms with Crippen LogP contribution in [0, 0.1) is 0 Å². The topological polar surface area (TPSA) is 74.2 Å². The van der Waals surface area contributed by atoms with Gasteiger partial charge in [-0.2, -0.15) is 0 Å². The summed E-state index contributed by atoms with van der Waals surface area (Å²) in [6.07, 6.45) is 1.95. The van der Waals surface area contributed by atoms with E-state index in [-0.39, 0.29) is 16.6 Å². The van der Waals surface area contributed by atoms with Crippen molar-refractivity contribution in [2.45, 2.75) is 57.6 Å². The number of rotatable bonds is 6. The quantitative estimate of drug-likeness (QED) is 0.337. The van der Waals surface area contributed by atoms with E-state index >= 15 is 0 Å². The molecule has 1 N–H and O–H groups in total. The molecular weight excluding hydrogens is 524 g/mol. The van der Waals surface area contributed by atoms with Gasteiger partial charge in [-0.15, -0.1) is 0 Å². The van der Waals surface area contributed by atoms with Gasteiger partial charge >= 0.3 is 0 Å². The fourth-order valence-electron chi connectivity index (χ4n) is 5.15. The number of phenols is 1. The summed E-state index contributed by atoms with van der Waals surface area (Å²) in [7, 11) is 4.87. The Morgan fingerprint density at radius 2 is 1.20 bits per heavy atom. The third kappa shape index (κ3) is 5.31. The van der Waals surface area contributed by atoms with E-state index in [1.54, 1.807) is 28.4 Å². The molecule has 1 aliphatic rings. The zero-order valence-electron chi connectivity index (χ0n) is 25.1. The van der Waals surface area contributed by atoms with Crippen LogP contribution in [-0.2, 0) is 21.6 Å². The number of phenolic OH excluding ortho intramolecular Hbond substituents is 1. The second-order valence-corrected chi connectivity index (χ2v) is 13.6. The molecule has 0 amide bonds. The second kappa shape index (κ2) is 10.8. The van der Waals surface area contributed by atoms with Crippen molar-refractivity contribution in [2.75, 3.05) is 28.4 Å². The predicted octanol–water partition coefficient (Wildman–Crippen LogP) is 7.37. The van der Waals surface area contributed by atoms with Gasteiger partial charge in [0.1, 0.15) is 5.75 Å². The Morgan fingerprint density at radius 3 is 1.70 bits per heavy atom. The zero-order chi connectivity index (χ0) is 29.6. The van der Waals surface area contributed by atoms with Gasteiger partial charge in [0, 0.05) is 4.91 Å². The van der Waals surface area contributed by atoms with Crippen molar-refractivity contribution in [3.63, 3.8) is 0 Å². The minimum absolute atomic E-state index is 0.286. The lowest BCUT2D eigenvalue weighted by Crippen LogP contribution is -2.21. The summed E-state index contributed by atoms with van der Waals surface area (Å²) in [5.74, 6) is 2.60. The summed E-state index contributed by atoms with van der Waals surface area (Å²) in [4.78, 5) is 0.661. The van der Waals surface area contributed by atoms with E-state index in [9.17, 15) is 9.32 Å². The van der Waals surface area contributed by atoms with Crippen LogP contribution in [0.5, 0.6) is 28.7 Å². The Labute approximate surface area is 240 Å². The lowest BCUT2D eigenvalue weighted by Gasteiger charge is -2.32. The van der Waals surface area contributed by atoms with Gasteiger partial charge in [0.2, 0.25) is 0 Å². The number of hydrogen-bond acceptors (Lipinski definition) is 6. The number of ether oxygens (including phenoxy) is 4. The fourth-order valence-corrected chi connectivity index (χ4v) is 6.82. The molecule has 6 nitrogen and oxygen atoms in total. The highest BCUT2D eigenvalue weighted by Gasteiger charge is 2.35. The molecule has 0 saturated carbocycles. The van der Waals surface area contributed by atoms with Crippen molar-refractivity contribution < 1.29 is 28.3 Å². The Hall–Kier alpha value is -3.45. The van der Waals surface area contributed by atoms with Crippen LogP contribution < -0.4 is 18.9 Å². The van der Waals surface area contributed by atoms with Crippen LogP contribution in [0.2, 0.25) is 0 Å². The van der Waals surface area contributed by atoms with Crippen molar-refractivity contribution >= 4 is 21.8 Å². The summed E-state index contributed by atoms with van der Waals surface area (Å²) in [5.41, 5.74) is 4.35. The molecule has 0 spiro atoms. The fraction of sp³-hybridized carbons (Fsp3) is 0.394. The van der Waals surface area contributed by atoms with Crippen molar-refractivity contribution in [1.82, 2.24) is 0 Å². The number of hydrogen-bond donors (Lipinski definition) is 1. The van der Waals surface area contributed by atoms with Gasteiger partial charge in [0.05, 0.1) is 44.5 Å². The summed E-state index contributed by atoms with van der Waals surface area (Å²) < 4.78 is 36.9. The molecule has 4 rings (SSSR count). The molecule has 3 aromatic carbocycles. The summed E-state index contributed by atoms with van der Waals surface area (Å²) >= 11 is 0. The van der Waals surface area contributed by atoms with Crippen LogP contribution in [0.15, 0.2) is 42.5 Å². The molecule has 2 atom stereocenters. The molecular formula is C33H40O6S. The Balaban J connectivity index is 2.05. The number of aromatic hydroxyl groups is 1. The predicted molar refractivity (Wildman–Crippen MR) is 162 cm³/mol. The second-order valence-electron chi connectivity index (χ2n) is 12.1. The molecule has 0 aromatic heterocycles. The lowest BCUT2D eigenvalue weighted by atomic mass is 9.77. The monoisotopic (exact) mass is 564 g/mol. The minimum atomic E-state index is -1.51. The van der Waals surface area contributed by atoms with E-state index in [1.165, 1.54) is 0 Å². The van der Waals surface area contributed by atoms with E-state index in [0.29, 0.717) is 27.9 Å². The molecule has 3 aromatic rings. The zero-order valence-corrected chi connectivity index (χ0v) is 25.9. The molecule has 0 radical (unpaired) electrons. The summed E-state index contributed by atoms with van der Waals surface area (Å²) in [6.45, 7) is 12.5. The third-order valence-corrected chi connectivity index (χ3v) is 9.05. The van der Waals surface area contributed by atoms with Crippen LogP contribution in [0.3, 0.4) is 0 Å². The van der Waals surface area contributed by atoms with Gasteiger partial charge in [-0.05, 0) is 92.8 Å². The summed E-state index contributed by atoms with van der Waals surface area (Å²) in [5, 5.41) is 10.9. The molecule has 0 bridgehead atoms. The van der Waals surface area contributed by atoms with Crippen molar-refractivity contribution in [1.29, 1.82) is 0 Å². The van der Waals surface area contributed by atoms with Crippen LogP contribution in [0.1, 0.15) is 80.2 Å². The van der Waals surface area contributed by atoms with Crippen molar-refractivity contribution in [3.8, 4) is 28.7 Å². The van der Waals surface area contributed by atoms with E-state index in [0.717, 1.165) is 33.4 Å². The highest BCUT2D eigenvalue weighted by molar-refractivity contribution is 7.95. The number of fused-ring (bicyclic) bond motifs is 1. The first-order valence-electron chi connectivity index (χ1n) is 13.2. The average molecular weight is 565 g/mol. The summed E-state index contributed by atoms with van der Waals surface area (Å²) in [6, 6.07) is 13.4. The van der Waals surface area contributed by atoms with Gasteiger partial charge in [0.15, 0.2) is 23.0 Å². The molecule has 0 aliphatic carbocycles. The van der Waals surface area contributed by atoms with E-state index in [4.69, 9.17) is 18.9 Å². The molecule has 40 heavy (non-hydrogen) atoms. The first kappa shape index (κ1) is 29.5. The molecule has 0 fully saturated rings. The maximum absolute atomic E-state index is 14.6. The molecule has 0 saturated heterocycles. The first-order valence-corrected chi connectivity index (χ1v) is 14.4. The van der Waals surface area contributed by atoms with E-state index in [2.05, 4.69) is 41.5 Å². The maximum Gasteiger partial charge on any atom is 0.161 e. The Kier molecular flexibility index (Phi) is 8.01. The Morgan fingerprint density at radius 1 is 0.700 bits per heavy atom. The largest absolute Gasteiger partial charge is 0.507 e. The average Bonchev–Trinajstić information content (AvgIpc) is 2.90. The highest BCUT2D eigenvalue weighted by atomic mass is 32.2. The van der Waals surface area contributed by atoms with Gasteiger partial charge < -0.3 is 24.1 Å². The number of benzene rings is 3. The lowest BCUT2D eigenvalue weighted by molar-refractivity contribution is 0.354. The van der Waals surface area contributed by atoms with Gasteiger partial charge in [-0.1, -0.05) is 41.5 Å². The molecule has 7 heteroatoms.